The SMILES string of the molecule is CCc1ccc(S(=O)(=O)N2CCN(c3cc(Nc4ccccn4)nc(C)n3)CC2)cc1. The van der Waals surface area contributed by atoms with Gasteiger partial charge in [-0.2, -0.15) is 4.31 Å². The average Bonchev–Trinajstić information content (AvgIpc) is 2.79. The van der Waals surface area contributed by atoms with Crippen LogP contribution in [0.2, 0.25) is 0 Å². The Bertz CT molecular complexity index is 1130. The Hall–Kier alpha value is -3.04. The Morgan fingerprint density at radius 3 is 2.35 bits per heavy atom. The number of piperazine rings is 1. The molecule has 4 rings (SSSR count). The first-order valence-electron chi connectivity index (χ1n) is 10.3. The third-order valence-electron chi connectivity index (χ3n) is 5.28. The highest BCUT2D eigenvalue weighted by molar-refractivity contribution is 7.89. The van der Waals surface area contributed by atoms with E-state index in [1.54, 1.807) is 22.6 Å². The topological polar surface area (TPSA) is 91.3 Å². The fourth-order valence-corrected chi connectivity index (χ4v) is 4.97. The van der Waals surface area contributed by atoms with Crippen LogP contribution in [0.1, 0.15) is 18.3 Å². The van der Waals surface area contributed by atoms with Crippen molar-refractivity contribution in [3.05, 3.63) is 66.1 Å². The molecule has 1 aliphatic rings. The minimum absolute atomic E-state index is 0.345. The highest BCUT2D eigenvalue weighted by Gasteiger charge is 2.29. The fourth-order valence-electron chi connectivity index (χ4n) is 3.55. The summed E-state index contributed by atoms with van der Waals surface area (Å²) in [6, 6.07) is 14.6. The van der Waals surface area contributed by atoms with Crippen LogP contribution in [0.3, 0.4) is 0 Å². The van der Waals surface area contributed by atoms with Crippen LogP contribution in [0.4, 0.5) is 17.5 Å². The summed E-state index contributed by atoms with van der Waals surface area (Å²) in [5.41, 5.74) is 1.12. The number of pyridine rings is 1. The van der Waals surface area contributed by atoms with Crippen molar-refractivity contribution in [2.75, 3.05) is 36.4 Å². The normalized spacial score (nSPS) is 15.1. The number of anilines is 3. The zero-order valence-electron chi connectivity index (χ0n) is 17.7. The summed E-state index contributed by atoms with van der Waals surface area (Å²) in [7, 11) is -3.50. The first kappa shape index (κ1) is 21.2. The Morgan fingerprint density at radius 1 is 0.968 bits per heavy atom. The van der Waals surface area contributed by atoms with Crippen LogP contribution in [0.5, 0.6) is 0 Å². The first-order valence-corrected chi connectivity index (χ1v) is 11.8. The van der Waals surface area contributed by atoms with Gasteiger partial charge in [0.05, 0.1) is 4.90 Å². The Labute approximate surface area is 183 Å². The lowest BCUT2D eigenvalue weighted by atomic mass is 10.2. The van der Waals surface area contributed by atoms with Crippen LogP contribution in [-0.4, -0.2) is 53.9 Å². The third-order valence-corrected chi connectivity index (χ3v) is 7.19. The largest absolute Gasteiger partial charge is 0.354 e. The Morgan fingerprint density at radius 2 is 1.71 bits per heavy atom. The highest BCUT2D eigenvalue weighted by Crippen LogP contribution is 2.23. The summed E-state index contributed by atoms with van der Waals surface area (Å²) in [6.45, 7) is 5.83. The fraction of sp³-hybridized carbons (Fsp3) is 0.318. The van der Waals surface area contributed by atoms with Crippen molar-refractivity contribution >= 4 is 27.5 Å². The molecule has 162 valence electrons. The summed E-state index contributed by atoms with van der Waals surface area (Å²) in [5, 5.41) is 3.19. The molecule has 0 atom stereocenters. The maximum absolute atomic E-state index is 13.0. The average molecular weight is 439 g/mol. The minimum atomic E-state index is -3.50. The van der Waals surface area contributed by atoms with Gasteiger partial charge in [-0.3, -0.25) is 0 Å². The third kappa shape index (κ3) is 4.83. The molecule has 3 heterocycles. The molecule has 2 aromatic heterocycles. The summed E-state index contributed by atoms with van der Waals surface area (Å²) in [6.07, 6.45) is 2.60. The first-order chi connectivity index (χ1) is 15.0. The molecule has 3 aromatic rings. The quantitative estimate of drug-likeness (QED) is 0.633. The standard InChI is InChI=1S/C22H26N6O2S/c1-3-18-7-9-19(10-8-18)31(29,30)28-14-12-27(13-15-28)22-16-21(24-17(2)25-22)26-20-6-4-5-11-23-20/h4-11,16H,3,12-15H2,1-2H3,(H,23,24,25,26). The van der Waals surface area contributed by atoms with Crippen LogP contribution in [-0.2, 0) is 16.4 Å². The van der Waals surface area contributed by atoms with Gasteiger partial charge in [0.1, 0.15) is 23.3 Å². The number of hydrogen-bond donors (Lipinski definition) is 1. The molecule has 1 aliphatic heterocycles. The molecule has 1 fully saturated rings. The molecule has 0 aliphatic carbocycles. The van der Waals surface area contributed by atoms with Gasteiger partial charge in [-0.15, -0.1) is 0 Å². The lowest BCUT2D eigenvalue weighted by Crippen LogP contribution is -2.49. The molecular weight excluding hydrogens is 412 g/mol. The van der Waals surface area contributed by atoms with Crippen molar-refractivity contribution in [2.45, 2.75) is 25.2 Å². The van der Waals surface area contributed by atoms with Crippen molar-refractivity contribution in [1.29, 1.82) is 0 Å². The minimum Gasteiger partial charge on any atom is -0.354 e. The van der Waals surface area contributed by atoms with E-state index in [9.17, 15) is 8.42 Å². The van der Waals surface area contributed by atoms with E-state index in [0.717, 1.165) is 17.8 Å². The molecule has 0 spiro atoms. The molecule has 9 heteroatoms. The van der Waals surface area contributed by atoms with Gasteiger partial charge in [-0.05, 0) is 43.2 Å². The summed E-state index contributed by atoms with van der Waals surface area (Å²) < 4.78 is 27.6. The molecule has 0 radical (unpaired) electrons. The van der Waals surface area contributed by atoms with Gasteiger partial charge in [-0.1, -0.05) is 25.1 Å². The molecule has 31 heavy (non-hydrogen) atoms. The van der Waals surface area contributed by atoms with E-state index in [2.05, 4.69) is 32.1 Å². The predicted octanol–water partition coefficient (Wildman–Crippen LogP) is 3.00. The molecule has 0 saturated carbocycles. The molecule has 1 saturated heterocycles. The number of nitrogens with one attached hydrogen (secondary N) is 1. The van der Waals surface area contributed by atoms with Gasteiger partial charge < -0.3 is 10.2 Å². The summed E-state index contributed by atoms with van der Waals surface area (Å²) in [4.78, 5) is 15.7. The van der Waals surface area contributed by atoms with Crippen LogP contribution in [0.25, 0.3) is 0 Å². The zero-order valence-corrected chi connectivity index (χ0v) is 18.5. The van der Waals surface area contributed by atoms with Crippen LogP contribution in [0, 0.1) is 6.92 Å². The number of nitrogens with zero attached hydrogens (tertiary/aromatic N) is 5. The Balaban J connectivity index is 1.45. The highest BCUT2D eigenvalue weighted by atomic mass is 32.2. The predicted molar refractivity (Wildman–Crippen MR) is 121 cm³/mol. The van der Waals surface area contributed by atoms with Gasteiger partial charge in [0.25, 0.3) is 0 Å². The van der Waals surface area contributed by atoms with Gasteiger partial charge >= 0.3 is 0 Å². The number of aromatic nitrogens is 3. The van der Waals surface area contributed by atoms with E-state index in [-0.39, 0.29) is 0 Å². The molecule has 8 nitrogen and oxygen atoms in total. The second-order valence-corrected chi connectivity index (χ2v) is 9.33. The Kier molecular flexibility index (Phi) is 6.15. The maximum atomic E-state index is 13.0. The van der Waals surface area contributed by atoms with Gasteiger partial charge in [0, 0.05) is 38.4 Å². The molecule has 1 aromatic carbocycles. The smallest absolute Gasteiger partial charge is 0.243 e. The van der Waals surface area contributed by atoms with Crippen molar-refractivity contribution in [2.24, 2.45) is 0 Å². The second kappa shape index (κ2) is 8.99. The van der Waals surface area contributed by atoms with E-state index in [1.165, 1.54) is 0 Å². The number of benzene rings is 1. The van der Waals surface area contributed by atoms with E-state index in [4.69, 9.17) is 0 Å². The second-order valence-electron chi connectivity index (χ2n) is 7.39. The zero-order chi connectivity index (χ0) is 21.8. The number of aryl methyl sites for hydroxylation is 2. The van der Waals surface area contributed by atoms with Crippen molar-refractivity contribution < 1.29 is 8.42 Å². The molecular formula is C22H26N6O2S. The summed E-state index contributed by atoms with van der Waals surface area (Å²) in [5.74, 6) is 2.78. The summed E-state index contributed by atoms with van der Waals surface area (Å²) >= 11 is 0. The van der Waals surface area contributed by atoms with Gasteiger partial charge in [-0.25, -0.2) is 23.4 Å². The van der Waals surface area contributed by atoms with E-state index in [0.29, 0.717) is 48.5 Å². The lowest BCUT2D eigenvalue weighted by Gasteiger charge is -2.34. The number of sulfonamides is 1. The van der Waals surface area contributed by atoms with E-state index < -0.39 is 10.0 Å². The van der Waals surface area contributed by atoms with Crippen LogP contribution in [0.15, 0.2) is 59.6 Å². The maximum Gasteiger partial charge on any atom is 0.243 e. The van der Waals surface area contributed by atoms with Crippen molar-refractivity contribution in [1.82, 2.24) is 19.3 Å². The van der Waals surface area contributed by atoms with Crippen molar-refractivity contribution in [3.8, 4) is 0 Å². The van der Waals surface area contributed by atoms with Crippen LogP contribution < -0.4 is 10.2 Å². The van der Waals surface area contributed by atoms with E-state index in [1.807, 2.05) is 43.3 Å². The number of rotatable bonds is 6. The molecule has 0 bridgehead atoms. The van der Waals surface area contributed by atoms with E-state index >= 15 is 0 Å². The van der Waals surface area contributed by atoms with Gasteiger partial charge in [0.15, 0.2) is 0 Å². The molecule has 0 amide bonds. The lowest BCUT2D eigenvalue weighted by molar-refractivity contribution is 0.383. The van der Waals surface area contributed by atoms with Gasteiger partial charge in [0.2, 0.25) is 10.0 Å². The molecule has 0 unspecified atom stereocenters. The van der Waals surface area contributed by atoms with Crippen LogP contribution >= 0.6 is 0 Å². The molecule has 1 N–H and O–H groups in total. The van der Waals surface area contributed by atoms with Crippen molar-refractivity contribution in [3.63, 3.8) is 0 Å². The monoisotopic (exact) mass is 438 g/mol. The number of hydrogen-bond acceptors (Lipinski definition) is 7.